The Morgan fingerprint density at radius 1 is 1.30 bits per heavy atom. The van der Waals surface area contributed by atoms with E-state index in [1.165, 1.54) is 5.56 Å². The number of hydrogen-bond acceptors (Lipinski definition) is 4. The van der Waals surface area contributed by atoms with Gasteiger partial charge in [-0.15, -0.1) is 0 Å². The molecule has 2 heterocycles. The van der Waals surface area contributed by atoms with Crippen LogP contribution in [0.15, 0.2) is 48.7 Å². The highest BCUT2D eigenvalue weighted by Crippen LogP contribution is 2.12. The van der Waals surface area contributed by atoms with Crippen LogP contribution < -0.4 is 5.32 Å². The monoisotopic (exact) mass is 368 g/mol. The number of urea groups is 1. The van der Waals surface area contributed by atoms with E-state index in [0.717, 1.165) is 37.5 Å². The van der Waals surface area contributed by atoms with E-state index in [0.29, 0.717) is 13.1 Å². The Labute approximate surface area is 161 Å². The van der Waals surface area contributed by atoms with Gasteiger partial charge in [-0.25, -0.2) is 4.79 Å². The molecule has 1 fully saturated rings. The predicted molar refractivity (Wildman–Crippen MR) is 105 cm³/mol. The van der Waals surface area contributed by atoms with E-state index in [2.05, 4.69) is 40.3 Å². The van der Waals surface area contributed by atoms with Crippen LogP contribution in [0.2, 0.25) is 0 Å². The molecule has 144 valence electrons. The van der Waals surface area contributed by atoms with Crippen LogP contribution in [0.3, 0.4) is 0 Å². The number of aromatic nitrogens is 1. The van der Waals surface area contributed by atoms with Gasteiger partial charge in [0.2, 0.25) is 0 Å². The molecular weight excluding hydrogens is 340 g/mol. The van der Waals surface area contributed by atoms with Crippen molar-refractivity contribution in [2.75, 3.05) is 26.7 Å². The molecule has 0 radical (unpaired) electrons. The van der Waals surface area contributed by atoms with Crippen molar-refractivity contribution in [2.45, 2.75) is 32.7 Å². The zero-order valence-electron chi connectivity index (χ0n) is 16.1. The van der Waals surface area contributed by atoms with Crippen LogP contribution >= 0.6 is 0 Å². The Kier molecular flexibility index (Phi) is 6.79. The number of pyridine rings is 1. The van der Waals surface area contributed by atoms with Crippen LogP contribution in [0.25, 0.3) is 0 Å². The molecule has 0 bridgehead atoms. The summed E-state index contributed by atoms with van der Waals surface area (Å²) < 4.78 is 5.60. The fourth-order valence-corrected chi connectivity index (χ4v) is 3.25. The lowest BCUT2D eigenvalue weighted by Gasteiger charge is -2.31. The number of nitrogens with zero attached hydrogens (tertiary/aromatic N) is 3. The minimum Gasteiger partial charge on any atom is -0.376 e. The van der Waals surface area contributed by atoms with Gasteiger partial charge in [-0.1, -0.05) is 30.3 Å². The zero-order valence-corrected chi connectivity index (χ0v) is 16.1. The summed E-state index contributed by atoms with van der Waals surface area (Å²) in [6, 6.07) is 14.0. The van der Waals surface area contributed by atoms with Crippen LogP contribution in [0.5, 0.6) is 0 Å². The van der Waals surface area contributed by atoms with E-state index in [-0.39, 0.29) is 12.1 Å². The van der Waals surface area contributed by atoms with E-state index in [1.54, 1.807) is 18.1 Å². The summed E-state index contributed by atoms with van der Waals surface area (Å²) in [5.41, 5.74) is 3.24. The van der Waals surface area contributed by atoms with Gasteiger partial charge in [0.15, 0.2) is 0 Å². The molecule has 0 aliphatic carbocycles. The smallest absolute Gasteiger partial charge is 0.317 e. The summed E-state index contributed by atoms with van der Waals surface area (Å²) in [6.07, 6.45) is 2.03. The van der Waals surface area contributed by atoms with Gasteiger partial charge >= 0.3 is 6.03 Å². The maximum atomic E-state index is 12.3. The largest absolute Gasteiger partial charge is 0.376 e. The first kappa shape index (κ1) is 19.3. The molecule has 0 saturated carbocycles. The standard InChI is InChI=1S/C21H28N4O2/c1-17-14-25(10-11-27-17)15-19-7-5-6-18(12-19)13-23-21(26)24(2)16-20-8-3-4-9-22-20/h3-9,12,17H,10-11,13-16H2,1-2H3,(H,23,26). The van der Waals surface area contributed by atoms with Gasteiger partial charge in [0.25, 0.3) is 0 Å². The van der Waals surface area contributed by atoms with Gasteiger partial charge in [0.05, 0.1) is 24.9 Å². The number of carbonyl (C=O) groups excluding carboxylic acids is 1. The molecule has 1 saturated heterocycles. The maximum Gasteiger partial charge on any atom is 0.317 e. The first-order chi connectivity index (χ1) is 13.1. The third-order valence-electron chi connectivity index (χ3n) is 4.64. The van der Waals surface area contributed by atoms with E-state index in [9.17, 15) is 4.79 Å². The van der Waals surface area contributed by atoms with Crippen LogP contribution in [-0.4, -0.2) is 53.7 Å². The molecule has 1 aromatic heterocycles. The van der Waals surface area contributed by atoms with Crippen LogP contribution in [0.1, 0.15) is 23.7 Å². The molecule has 0 spiro atoms. The van der Waals surface area contributed by atoms with Crippen molar-refractivity contribution in [1.29, 1.82) is 0 Å². The van der Waals surface area contributed by atoms with Crippen molar-refractivity contribution < 1.29 is 9.53 Å². The van der Waals surface area contributed by atoms with Crippen molar-refractivity contribution in [1.82, 2.24) is 20.1 Å². The number of benzene rings is 1. The Bertz CT molecular complexity index is 738. The third kappa shape index (κ3) is 6.05. The molecule has 2 amide bonds. The van der Waals surface area contributed by atoms with Gasteiger partial charge in [-0.05, 0) is 30.2 Å². The van der Waals surface area contributed by atoms with E-state index < -0.39 is 0 Å². The molecule has 2 aromatic rings. The minimum absolute atomic E-state index is 0.104. The van der Waals surface area contributed by atoms with E-state index >= 15 is 0 Å². The maximum absolute atomic E-state index is 12.3. The fraction of sp³-hybridized carbons (Fsp3) is 0.429. The number of rotatable bonds is 6. The van der Waals surface area contributed by atoms with Gasteiger partial charge in [-0.3, -0.25) is 9.88 Å². The summed E-state index contributed by atoms with van der Waals surface area (Å²) in [4.78, 5) is 20.6. The molecular formula is C21H28N4O2. The van der Waals surface area contributed by atoms with Crippen LogP contribution in [0, 0.1) is 0 Å². The number of ether oxygens (including phenoxy) is 1. The van der Waals surface area contributed by atoms with Crippen molar-refractivity contribution in [3.05, 3.63) is 65.5 Å². The van der Waals surface area contributed by atoms with Gasteiger partial charge in [0.1, 0.15) is 0 Å². The second-order valence-electron chi connectivity index (χ2n) is 7.07. The summed E-state index contributed by atoms with van der Waals surface area (Å²) >= 11 is 0. The fourth-order valence-electron chi connectivity index (χ4n) is 3.25. The Morgan fingerprint density at radius 3 is 2.93 bits per heavy atom. The summed E-state index contributed by atoms with van der Waals surface area (Å²) in [6.45, 7) is 6.73. The van der Waals surface area contributed by atoms with Crippen LogP contribution in [0.4, 0.5) is 4.79 Å². The summed E-state index contributed by atoms with van der Waals surface area (Å²) in [5.74, 6) is 0. The lowest BCUT2D eigenvalue weighted by atomic mass is 10.1. The number of amides is 2. The van der Waals surface area contributed by atoms with Gasteiger partial charge in [0, 0.05) is 39.4 Å². The Balaban J connectivity index is 1.49. The highest BCUT2D eigenvalue weighted by atomic mass is 16.5. The van der Waals surface area contributed by atoms with Crippen molar-refractivity contribution >= 4 is 6.03 Å². The van der Waals surface area contributed by atoms with Crippen molar-refractivity contribution in [3.63, 3.8) is 0 Å². The number of hydrogen-bond donors (Lipinski definition) is 1. The normalized spacial score (nSPS) is 17.5. The first-order valence-electron chi connectivity index (χ1n) is 9.41. The highest BCUT2D eigenvalue weighted by Gasteiger charge is 2.16. The molecule has 1 atom stereocenters. The molecule has 1 unspecified atom stereocenters. The third-order valence-corrected chi connectivity index (χ3v) is 4.64. The molecule has 27 heavy (non-hydrogen) atoms. The second kappa shape index (κ2) is 9.48. The van der Waals surface area contributed by atoms with Crippen molar-refractivity contribution in [2.24, 2.45) is 0 Å². The molecule has 1 aliphatic rings. The topological polar surface area (TPSA) is 57.7 Å². The average Bonchev–Trinajstić information content (AvgIpc) is 2.67. The Morgan fingerprint density at radius 2 is 2.15 bits per heavy atom. The van der Waals surface area contributed by atoms with Gasteiger partial charge < -0.3 is 15.0 Å². The van der Waals surface area contributed by atoms with Crippen LogP contribution in [-0.2, 0) is 24.4 Å². The lowest BCUT2D eigenvalue weighted by Crippen LogP contribution is -2.40. The second-order valence-corrected chi connectivity index (χ2v) is 7.07. The molecule has 1 aromatic carbocycles. The predicted octanol–water partition coefficient (Wildman–Crippen LogP) is 2.64. The van der Waals surface area contributed by atoms with E-state index in [1.807, 2.05) is 24.3 Å². The van der Waals surface area contributed by atoms with Gasteiger partial charge in [-0.2, -0.15) is 0 Å². The number of nitrogens with one attached hydrogen (secondary N) is 1. The number of morpholine rings is 1. The molecule has 6 nitrogen and oxygen atoms in total. The highest BCUT2D eigenvalue weighted by molar-refractivity contribution is 5.73. The van der Waals surface area contributed by atoms with Crippen molar-refractivity contribution in [3.8, 4) is 0 Å². The van der Waals surface area contributed by atoms with E-state index in [4.69, 9.17) is 4.74 Å². The zero-order chi connectivity index (χ0) is 19.1. The molecule has 6 heteroatoms. The molecule has 1 N–H and O–H groups in total. The summed E-state index contributed by atoms with van der Waals surface area (Å²) in [7, 11) is 1.78. The Hall–Kier alpha value is -2.44. The quantitative estimate of drug-likeness (QED) is 0.852. The average molecular weight is 368 g/mol. The SMILES string of the molecule is CC1CN(Cc2cccc(CNC(=O)N(C)Cc3ccccn3)c2)CCO1. The first-order valence-corrected chi connectivity index (χ1v) is 9.41. The summed E-state index contributed by atoms with van der Waals surface area (Å²) in [5, 5.41) is 2.98. The number of carbonyl (C=O) groups is 1. The molecule has 3 rings (SSSR count). The molecule has 1 aliphatic heterocycles. The lowest BCUT2D eigenvalue weighted by molar-refractivity contribution is -0.0212. The minimum atomic E-state index is -0.104.